The molecule has 28 heavy (non-hydrogen) atoms. The van der Waals surface area contributed by atoms with Gasteiger partial charge in [-0.25, -0.2) is 0 Å². The first-order valence-corrected chi connectivity index (χ1v) is 11.0. The number of aromatic nitrogens is 2. The summed E-state index contributed by atoms with van der Waals surface area (Å²) < 4.78 is 5.51. The Morgan fingerprint density at radius 1 is 1.00 bits per heavy atom. The third-order valence-electron chi connectivity index (χ3n) is 7.15. The highest BCUT2D eigenvalue weighted by atomic mass is 16.5. The minimum Gasteiger partial charge on any atom is -0.339 e. The Kier molecular flexibility index (Phi) is 4.91. The average molecular weight is 380 g/mol. The van der Waals surface area contributed by atoms with Crippen molar-refractivity contribution in [3.63, 3.8) is 0 Å². The predicted octanol–water partition coefficient (Wildman–Crippen LogP) is 5.55. The number of amides is 1. The number of rotatable bonds is 4. The smallest absolute Gasteiger partial charge is 0.230 e. The number of fused-ring (bicyclic) bond motifs is 1. The number of hydrogen-bond donors (Lipinski definition) is 1. The number of carbonyl (C=O) groups is 1. The lowest BCUT2D eigenvalue weighted by Gasteiger charge is -2.24. The van der Waals surface area contributed by atoms with E-state index < -0.39 is 0 Å². The quantitative estimate of drug-likeness (QED) is 0.756. The Balaban J connectivity index is 1.26. The zero-order chi connectivity index (χ0) is 18.9. The fourth-order valence-corrected chi connectivity index (χ4v) is 5.62. The molecule has 1 amide bonds. The molecule has 1 heterocycles. The summed E-state index contributed by atoms with van der Waals surface area (Å²) in [4.78, 5) is 17.4. The molecule has 3 aliphatic rings. The Hall–Kier alpha value is -2.17. The summed E-state index contributed by atoms with van der Waals surface area (Å²) in [5.74, 6) is 3.66. The summed E-state index contributed by atoms with van der Waals surface area (Å²) >= 11 is 0. The molecule has 0 saturated heterocycles. The fourth-order valence-electron chi connectivity index (χ4n) is 5.62. The zero-order valence-electron chi connectivity index (χ0n) is 16.4. The second-order valence-corrected chi connectivity index (χ2v) is 8.98. The highest BCUT2D eigenvalue weighted by Gasteiger charge is 2.38. The van der Waals surface area contributed by atoms with Crippen LogP contribution in [0.15, 0.2) is 28.8 Å². The van der Waals surface area contributed by atoms with Gasteiger partial charge in [-0.3, -0.25) is 4.79 Å². The van der Waals surface area contributed by atoms with E-state index in [2.05, 4.69) is 15.5 Å². The first-order valence-electron chi connectivity index (χ1n) is 11.0. The van der Waals surface area contributed by atoms with Gasteiger partial charge >= 0.3 is 0 Å². The molecule has 1 N–H and O–H groups in total. The van der Waals surface area contributed by atoms with Crippen molar-refractivity contribution in [2.24, 2.45) is 17.8 Å². The maximum absolute atomic E-state index is 12.8. The van der Waals surface area contributed by atoms with E-state index in [4.69, 9.17) is 4.52 Å². The zero-order valence-corrected chi connectivity index (χ0v) is 16.4. The van der Waals surface area contributed by atoms with Crippen LogP contribution in [0.1, 0.15) is 76.0 Å². The van der Waals surface area contributed by atoms with E-state index in [1.165, 1.54) is 38.5 Å². The molecule has 1 aromatic heterocycles. The molecule has 3 aliphatic carbocycles. The van der Waals surface area contributed by atoms with Crippen LogP contribution in [0.2, 0.25) is 0 Å². The SMILES string of the molecule is O=C(Nc1cccc(-c2noc(C3CCCC3)n2)c1)C1CC2CCCCC2C1. The van der Waals surface area contributed by atoms with Crippen molar-refractivity contribution in [1.82, 2.24) is 10.1 Å². The van der Waals surface area contributed by atoms with Gasteiger partial charge in [-0.15, -0.1) is 0 Å². The molecule has 1 aromatic carbocycles. The largest absolute Gasteiger partial charge is 0.339 e. The van der Waals surface area contributed by atoms with Crippen LogP contribution in [0.5, 0.6) is 0 Å². The molecule has 3 fully saturated rings. The van der Waals surface area contributed by atoms with E-state index in [1.54, 1.807) is 0 Å². The van der Waals surface area contributed by atoms with Crippen LogP contribution in [0, 0.1) is 17.8 Å². The molecule has 0 spiro atoms. The standard InChI is InChI=1S/C23H29N3O2/c27-22(19-12-16-8-3-4-9-17(16)13-19)24-20-11-5-10-18(14-20)21-25-23(28-26-21)15-6-1-2-7-15/h5,10-11,14-17,19H,1-4,6-9,12-13H2,(H,24,27). The van der Waals surface area contributed by atoms with E-state index in [9.17, 15) is 4.79 Å². The molecule has 5 heteroatoms. The van der Waals surface area contributed by atoms with Crippen LogP contribution in [-0.4, -0.2) is 16.0 Å². The monoisotopic (exact) mass is 379 g/mol. The van der Waals surface area contributed by atoms with Gasteiger partial charge in [0.05, 0.1) is 0 Å². The third-order valence-corrected chi connectivity index (χ3v) is 7.15. The van der Waals surface area contributed by atoms with E-state index in [-0.39, 0.29) is 11.8 Å². The van der Waals surface area contributed by atoms with Crippen LogP contribution in [-0.2, 0) is 4.79 Å². The number of nitrogens with one attached hydrogen (secondary N) is 1. The molecule has 2 unspecified atom stereocenters. The molecule has 148 valence electrons. The number of benzene rings is 1. The van der Waals surface area contributed by atoms with Crippen LogP contribution < -0.4 is 5.32 Å². The molecular formula is C23H29N3O2. The average Bonchev–Trinajstić information content (AvgIpc) is 3.47. The summed E-state index contributed by atoms with van der Waals surface area (Å²) in [6.45, 7) is 0. The van der Waals surface area contributed by atoms with Gasteiger partial charge in [-0.2, -0.15) is 4.98 Å². The molecule has 2 atom stereocenters. The van der Waals surface area contributed by atoms with Crippen molar-refractivity contribution in [3.05, 3.63) is 30.2 Å². The van der Waals surface area contributed by atoms with Gasteiger partial charge in [0.1, 0.15) is 0 Å². The van der Waals surface area contributed by atoms with E-state index in [0.29, 0.717) is 11.7 Å². The van der Waals surface area contributed by atoms with E-state index in [0.717, 1.165) is 54.7 Å². The Bertz CT molecular complexity index is 826. The topological polar surface area (TPSA) is 68.0 Å². The minimum atomic E-state index is 0.163. The maximum atomic E-state index is 12.8. The lowest BCUT2D eigenvalue weighted by molar-refractivity contribution is -0.119. The van der Waals surface area contributed by atoms with Gasteiger partial charge in [-0.1, -0.05) is 55.8 Å². The molecule has 0 aliphatic heterocycles. The van der Waals surface area contributed by atoms with Gasteiger partial charge in [0, 0.05) is 23.1 Å². The van der Waals surface area contributed by atoms with Crippen molar-refractivity contribution < 1.29 is 9.32 Å². The number of nitrogens with zero attached hydrogens (tertiary/aromatic N) is 2. The molecule has 5 rings (SSSR count). The lowest BCUT2D eigenvalue weighted by atomic mass is 9.82. The van der Waals surface area contributed by atoms with Crippen molar-refractivity contribution in [3.8, 4) is 11.4 Å². The second kappa shape index (κ2) is 7.69. The Labute approximate surface area is 166 Å². The lowest BCUT2D eigenvalue weighted by Crippen LogP contribution is -2.20. The van der Waals surface area contributed by atoms with Crippen molar-refractivity contribution >= 4 is 11.6 Å². The summed E-state index contributed by atoms with van der Waals surface area (Å²) in [6, 6.07) is 7.83. The molecule has 0 bridgehead atoms. The van der Waals surface area contributed by atoms with Gasteiger partial charge < -0.3 is 9.84 Å². The molecule has 2 aromatic rings. The molecule has 5 nitrogen and oxygen atoms in total. The summed E-state index contributed by atoms with van der Waals surface area (Å²) in [7, 11) is 0. The first-order chi connectivity index (χ1) is 13.8. The molecule has 3 saturated carbocycles. The first kappa shape index (κ1) is 17.9. The van der Waals surface area contributed by atoms with Crippen molar-refractivity contribution in [2.45, 2.75) is 70.1 Å². The second-order valence-electron chi connectivity index (χ2n) is 8.98. The highest BCUT2D eigenvalue weighted by Crippen LogP contribution is 2.45. The van der Waals surface area contributed by atoms with Crippen LogP contribution in [0.3, 0.4) is 0 Å². The number of anilines is 1. The van der Waals surface area contributed by atoms with Gasteiger partial charge in [-0.05, 0) is 49.7 Å². The van der Waals surface area contributed by atoms with Gasteiger partial charge in [0.25, 0.3) is 0 Å². The summed E-state index contributed by atoms with van der Waals surface area (Å²) in [5.41, 5.74) is 1.72. The van der Waals surface area contributed by atoms with Crippen LogP contribution >= 0.6 is 0 Å². The third kappa shape index (κ3) is 3.59. The van der Waals surface area contributed by atoms with Gasteiger partial charge in [0.2, 0.25) is 17.6 Å². The van der Waals surface area contributed by atoms with Crippen LogP contribution in [0.25, 0.3) is 11.4 Å². The van der Waals surface area contributed by atoms with Crippen molar-refractivity contribution in [2.75, 3.05) is 5.32 Å². The summed E-state index contributed by atoms with van der Waals surface area (Å²) in [5, 5.41) is 7.32. The maximum Gasteiger partial charge on any atom is 0.230 e. The van der Waals surface area contributed by atoms with E-state index >= 15 is 0 Å². The summed E-state index contributed by atoms with van der Waals surface area (Å²) in [6.07, 6.45) is 12.2. The fraction of sp³-hybridized carbons (Fsp3) is 0.609. The Morgan fingerprint density at radius 2 is 1.71 bits per heavy atom. The molecule has 0 radical (unpaired) electrons. The number of hydrogen-bond acceptors (Lipinski definition) is 4. The number of carbonyl (C=O) groups excluding carboxylic acids is 1. The predicted molar refractivity (Wildman–Crippen MR) is 108 cm³/mol. The Morgan fingerprint density at radius 3 is 2.46 bits per heavy atom. The van der Waals surface area contributed by atoms with E-state index in [1.807, 2.05) is 24.3 Å². The normalized spacial score (nSPS) is 27.6. The van der Waals surface area contributed by atoms with Crippen molar-refractivity contribution in [1.29, 1.82) is 0 Å². The highest BCUT2D eigenvalue weighted by molar-refractivity contribution is 5.93. The molecular weight excluding hydrogens is 350 g/mol. The van der Waals surface area contributed by atoms with Crippen LogP contribution in [0.4, 0.5) is 5.69 Å². The van der Waals surface area contributed by atoms with Gasteiger partial charge in [0.15, 0.2) is 0 Å². The minimum absolute atomic E-state index is 0.163.